The highest BCUT2D eigenvalue weighted by atomic mass is 127. The first-order valence-electron chi connectivity index (χ1n) is 9.39. The molecule has 9 heteroatoms. The van der Waals surface area contributed by atoms with Crippen LogP contribution < -0.4 is 20.5 Å². The first-order valence-corrected chi connectivity index (χ1v) is 10.9. The number of methoxy groups -OCH3 is 1. The van der Waals surface area contributed by atoms with Crippen molar-refractivity contribution in [2.24, 2.45) is 10.7 Å². The molecule has 0 saturated heterocycles. The molecule has 2 rings (SSSR count). The molecule has 166 valence electrons. The fourth-order valence-corrected chi connectivity index (χ4v) is 4.36. The molecule has 0 amide bonds. The molecule has 2 aromatic carbocycles. The van der Waals surface area contributed by atoms with Crippen molar-refractivity contribution in [2.45, 2.75) is 44.2 Å². The lowest BCUT2D eigenvalue weighted by atomic mass is 10.1. The molecule has 0 heterocycles. The summed E-state index contributed by atoms with van der Waals surface area (Å²) in [5.41, 5.74) is 7.11. The SMILES string of the molecule is COc1ccc(CCNC(N)=NCc2ccccc2S(=O)(=O)NC(C)(C)C)cc1.I. The number of nitrogens with zero attached hydrogens (tertiary/aromatic N) is 1. The smallest absolute Gasteiger partial charge is 0.241 e. The quantitative estimate of drug-likeness (QED) is 0.268. The zero-order valence-electron chi connectivity index (χ0n) is 17.8. The molecule has 0 aliphatic heterocycles. The largest absolute Gasteiger partial charge is 0.497 e. The molecule has 0 spiro atoms. The molecule has 0 saturated carbocycles. The van der Waals surface area contributed by atoms with Crippen molar-refractivity contribution >= 4 is 40.0 Å². The van der Waals surface area contributed by atoms with Crippen molar-refractivity contribution in [1.29, 1.82) is 0 Å². The van der Waals surface area contributed by atoms with Gasteiger partial charge in [0.2, 0.25) is 10.0 Å². The topological polar surface area (TPSA) is 106 Å². The van der Waals surface area contributed by atoms with E-state index in [0.717, 1.165) is 17.7 Å². The molecule has 0 fully saturated rings. The first kappa shape index (κ1) is 26.2. The van der Waals surface area contributed by atoms with Crippen LogP contribution in [-0.2, 0) is 23.0 Å². The molecular weight excluding hydrogens is 515 g/mol. The van der Waals surface area contributed by atoms with Crippen LogP contribution in [0.25, 0.3) is 0 Å². The van der Waals surface area contributed by atoms with Gasteiger partial charge in [0, 0.05) is 12.1 Å². The zero-order chi connectivity index (χ0) is 21.5. The van der Waals surface area contributed by atoms with E-state index in [2.05, 4.69) is 15.0 Å². The monoisotopic (exact) mass is 546 g/mol. The Morgan fingerprint density at radius 1 is 1.10 bits per heavy atom. The zero-order valence-corrected chi connectivity index (χ0v) is 21.0. The molecule has 0 aliphatic rings. The van der Waals surface area contributed by atoms with E-state index in [0.29, 0.717) is 12.1 Å². The van der Waals surface area contributed by atoms with Gasteiger partial charge in [-0.05, 0) is 56.5 Å². The minimum atomic E-state index is -3.65. The lowest BCUT2D eigenvalue weighted by molar-refractivity contribution is 0.414. The minimum absolute atomic E-state index is 0. The van der Waals surface area contributed by atoms with Crippen molar-refractivity contribution in [1.82, 2.24) is 10.0 Å². The normalized spacial score (nSPS) is 12.2. The third-order valence-corrected chi connectivity index (χ3v) is 5.86. The van der Waals surface area contributed by atoms with E-state index in [-0.39, 0.29) is 41.4 Å². The second-order valence-electron chi connectivity index (χ2n) is 7.69. The average Bonchev–Trinajstić information content (AvgIpc) is 2.65. The van der Waals surface area contributed by atoms with Gasteiger partial charge in [0.15, 0.2) is 5.96 Å². The molecule has 7 nitrogen and oxygen atoms in total. The van der Waals surface area contributed by atoms with E-state index in [9.17, 15) is 8.42 Å². The third kappa shape index (κ3) is 8.49. The highest BCUT2D eigenvalue weighted by Gasteiger charge is 2.24. The summed E-state index contributed by atoms with van der Waals surface area (Å²) in [5, 5.41) is 3.06. The Balaban J connectivity index is 0.00000450. The Bertz CT molecular complexity index is 939. The van der Waals surface area contributed by atoms with E-state index >= 15 is 0 Å². The van der Waals surface area contributed by atoms with Gasteiger partial charge in [-0.1, -0.05) is 30.3 Å². The van der Waals surface area contributed by atoms with Gasteiger partial charge in [-0.3, -0.25) is 0 Å². The van der Waals surface area contributed by atoms with Gasteiger partial charge < -0.3 is 15.8 Å². The van der Waals surface area contributed by atoms with Crippen LogP contribution in [0.5, 0.6) is 5.75 Å². The fourth-order valence-electron chi connectivity index (χ4n) is 2.71. The molecule has 30 heavy (non-hydrogen) atoms. The number of nitrogens with one attached hydrogen (secondary N) is 2. The maximum atomic E-state index is 12.7. The van der Waals surface area contributed by atoms with Crippen LogP contribution in [0.2, 0.25) is 0 Å². The predicted octanol–water partition coefficient (Wildman–Crippen LogP) is 3.04. The molecule has 0 unspecified atom stereocenters. The van der Waals surface area contributed by atoms with Gasteiger partial charge in [-0.2, -0.15) is 0 Å². The Hall–Kier alpha value is -1.85. The number of hydrogen-bond acceptors (Lipinski definition) is 4. The maximum absolute atomic E-state index is 12.7. The van der Waals surface area contributed by atoms with E-state index in [1.165, 1.54) is 0 Å². The summed E-state index contributed by atoms with van der Waals surface area (Å²) in [6.45, 7) is 6.19. The van der Waals surface area contributed by atoms with Gasteiger partial charge in [-0.15, -0.1) is 24.0 Å². The number of aliphatic imine (C=N–C) groups is 1. The summed E-state index contributed by atoms with van der Waals surface area (Å²) in [7, 11) is -2.01. The molecule has 0 radical (unpaired) electrons. The van der Waals surface area contributed by atoms with Gasteiger partial charge in [0.05, 0.1) is 18.6 Å². The van der Waals surface area contributed by atoms with Gasteiger partial charge in [0.25, 0.3) is 0 Å². The van der Waals surface area contributed by atoms with E-state index in [4.69, 9.17) is 10.5 Å². The lowest BCUT2D eigenvalue weighted by Crippen LogP contribution is -2.40. The summed E-state index contributed by atoms with van der Waals surface area (Å²) in [5.74, 6) is 1.09. The Morgan fingerprint density at radius 2 is 1.73 bits per heavy atom. The highest BCUT2D eigenvalue weighted by Crippen LogP contribution is 2.18. The highest BCUT2D eigenvalue weighted by molar-refractivity contribution is 14.0. The molecule has 2 aromatic rings. The van der Waals surface area contributed by atoms with Crippen LogP contribution in [0, 0.1) is 0 Å². The van der Waals surface area contributed by atoms with Crippen molar-refractivity contribution in [3.05, 3.63) is 59.7 Å². The average molecular weight is 546 g/mol. The number of guanidine groups is 1. The number of benzene rings is 2. The molecule has 0 bridgehead atoms. The Morgan fingerprint density at radius 3 is 2.33 bits per heavy atom. The molecule has 0 aliphatic carbocycles. The predicted molar refractivity (Wildman–Crippen MR) is 132 cm³/mol. The number of nitrogens with two attached hydrogens (primary N) is 1. The van der Waals surface area contributed by atoms with Crippen molar-refractivity contribution < 1.29 is 13.2 Å². The number of sulfonamides is 1. The van der Waals surface area contributed by atoms with Crippen LogP contribution in [0.4, 0.5) is 0 Å². The molecular formula is C21H31IN4O3S. The van der Waals surface area contributed by atoms with Crippen LogP contribution in [0.3, 0.4) is 0 Å². The third-order valence-electron chi connectivity index (χ3n) is 4.00. The van der Waals surface area contributed by atoms with Crippen LogP contribution in [0.1, 0.15) is 31.9 Å². The molecule has 4 N–H and O–H groups in total. The summed E-state index contributed by atoms with van der Waals surface area (Å²) in [6.07, 6.45) is 0.778. The Kier molecular flexibility index (Phi) is 10.1. The standard InChI is InChI=1S/C21H30N4O3S.HI/c1-21(2,3)25-29(26,27)19-8-6-5-7-17(19)15-24-20(22)23-14-13-16-9-11-18(28-4)12-10-16;/h5-12,25H,13-15H2,1-4H3,(H3,22,23,24);1H. The first-order chi connectivity index (χ1) is 13.6. The van der Waals surface area contributed by atoms with Gasteiger partial charge >= 0.3 is 0 Å². The Labute approximate surface area is 196 Å². The van der Waals surface area contributed by atoms with Gasteiger partial charge in [0.1, 0.15) is 5.75 Å². The lowest BCUT2D eigenvalue weighted by Gasteiger charge is -2.21. The fraction of sp³-hybridized carbons (Fsp3) is 0.381. The summed E-state index contributed by atoms with van der Waals surface area (Å²) >= 11 is 0. The van der Waals surface area contributed by atoms with Gasteiger partial charge in [-0.25, -0.2) is 18.1 Å². The number of ether oxygens (including phenoxy) is 1. The number of halogens is 1. The minimum Gasteiger partial charge on any atom is -0.497 e. The van der Waals surface area contributed by atoms with E-state index in [1.54, 1.807) is 52.1 Å². The second-order valence-corrected chi connectivity index (χ2v) is 9.34. The second kappa shape index (κ2) is 11.5. The summed E-state index contributed by atoms with van der Waals surface area (Å²) in [4.78, 5) is 4.51. The summed E-state index contributed by atoms with van der Waals surface area (Å²) < 4.78 is 33.2. The maximum Gasteiger partial charge on any atom is 0.241 e. The van der Waals surface area contributed by atoms with Crippen molar-refractivity contribution in [3.63, 3.8) is 0 Å². The van der Waals surface area contributed by atoms with Crippen LogP contribution in [0.15, 0.2) is 58.4 Å². The molecule has 0 aromatic heterocycles. The van der Waals surface area contributed by atoms with E-state index < -0.39 is 15.6 Å². The van der Waals surface area contributed by atoms with E-state index in [1.807, 2.05) is 24.3 Å². The van der Waals surface area contributed by atoms with Crippen molar-refractivity contribution in [2.75, 3.05) is 13.7 Å². The number of rotatable bonds is 8. The van der Waals surface area contributed by atoms with Crippen LogP contribution in [-0.4, -0.2) is 33.6 Å². The molecule has 0 atom stereocenters. The van der Waals surface area contributed by atoms with Crippen molar-refractivity contribution in [3.8, 4) is 5.75 Å². The number of hydrogen-bond donors (Lipinski definition) is 3. The summed E-state index contributed by atoms with van der Waals surface area (Å²) in [6, 6.07) is 14.6. The van der Waals surface area contributed by atoms with Crippen LogP contribution >= 0.6 is 24.0 Å².